The maximum Gasteiger partial charge on any atom is 0.472 e. The number of hydrogen-bond donors (Lipinski definition) is 3. The van der Waals surface area contributed by atoms with Crippen molar-refractivity contribution in [3.63, 3.8) is 0 Å². The molecule has 0 bridgehead atoms. The second-order valence-corrected chi connectivity index (χ2v) is 17.7. The van der Waals surface area contributed by atoms with E-state index in [9.17, 15) is 24.2 Å². The topological polar surface area (TPSA) is 161 Å². The normalized spacial score (nSPS) is 17.6. The molecule has 0 radical (unpaired) electrons. The van der Waals surface area contributed by atoms with E-state index < -0.39 is 51.8 Å². The number of unbranched alkanes of at least 4 members (excludes halogenated alkanes) is 20. The Bertz CT molecular complexity index is 1020. The minimum Gasteiger partial charge on any atom is -0.462 e. The molecule has 330 valence electrons. The molecule has 1 saturated heterocycles. The maximum atomic E-state index is 12.6. The summed E-state index contributed by atoms with van der Waals surface area (Å²) < 4.78 is 38.6. The molecule has 1 rings (SSSR count). The zero-order chi connectivity index (χ0) is 41.1. The summed E-state index contributed by atoms with van der Waals surface area (Å²) in [5.41, 5.74) is 0. The first kappa shape index (κ1) is 52.7. The van der Waals surface area contributed by atoms with Crippen molar-refractivity contribution in [2.45, 2.75) is 225 Å². The number of hydrogen-bond acceptors (Lipinski definition) is 10. The number of ether oxygens (including phenoxy) is 3. The maximum absolute atomic E-state index is 12.6. The number of allylic oxidation sites excluding steroid dienone is 1. The number of epoxide rings is 1. The summed E-state index contributed by atoms with van der Waals surface area (Å²) in [5.74, 6) is -0.119. The molecule has 0 amide bonds. The van der Waals surface area contributed by atoms with Crippen molar-refractivity contribution >= 4 is 19.8 Å². The molecule has 0 aromatic rings. The molecule has 0 aromatic heterocycles. The molecule has 0 spiro atoms. The summed E-state index contributed by atoms with van der Waals surface area (Å²) >= 11 is 0. The number of carbonyl (C=O) groups excluding carboxylic acids is 2. The van der Waals surface area contributed by atoms with Gasteiger partial charge in [-0.1, -0.05) is 161 Å². The van der Waals surface area contributed by atoms with Crippen LogP contribution < -0.4 is 0 Å². The second-order valence-electron chi connectivity index (χ2n) is 16.3. The second kappa shape index (κ2) is 35.6. The van der Waals surface area contributed by atoms with Gasteiger partial charge >= 0.3 is 19.8 Å². The highest BCUT2D eigenvalue weighted by Gasteiger charge is 2.36. The first-order valence-electron chi connectivity index (χ1n) is 22.6. The fraction of sp³-hybridized carbons (Fsp3) is 0.909. The van der Waals surface area contributed by atoms with Gasteiger partial charge in [-0.15, -0.1) is 0 Å². The third kappa shape index (κ3) is 33.6. The average molecular weight is 819 g/mol. The van der Waals surface area contributed by atoms with Crippen LogP contribution in [0.2, 0.25) is 0 Å². The molecule has 12 heteroatoms. The number of phosphoric acid groups is 1. The summed E-state index contributed by atoms with van der Waals surface area (Å²) in [5, 5.41) is 18.4. The van der Waals surface area contributed by atoms with Gasteiger partial charge in [-0.25, -0.2) is 4.57 Å². The molecule has 0 aromatic carbocycles. The van der Waals surface area contributed by atoms with Crippen LogP contribution in [0, 0.1) is 5.92 Å². The van der Waals surface area contributed by atoms with Crippen LogP contribution in [0.4, 0.5) is 0 Å². The Kier molecular flexibility index (Phi) is 33.5. The summed E-state index contributed by atoms with van der Waals surface area (Å²) in [6.45, 7) is 4.68. The highest BCUT2D eigenvalue weighted by atomic mass is 31.2. The lowest BCUT2D eigenvalue weighted by molar-refractivity contribution is -0.161. The number of phosphoric ester groups is 1. The lowest BCUT2D eigenvalue weighted by Gasteiger charge is -2.20. The van der Waals surface area contributed by atoms with Crippen LogP contribution in [0.15, 0.2) is 12.2 Å². The van der Waals surface area contributed by atoms with Gasteiger partial charge < -0.3 is 29.3 Å². The standard InChI is InChI=1S/C44H83O11P/c1-4-5-6-7-20-25-30-41-42(55-41)31-26-21-18-23-27-32-43(47)51-36-40(37-53-56(49,50)52-35-39(46)34-45)54-44(48)33-28-22-17-15-13-11-9-8-10-12-14-16-19-24-29-38(2)3/h20,25,38-42,45-46H,4-19,21-24,26-37H2,1-3H3,(H,49,50)/b25-20-/t39-,40+,41?,42?/m0/s1. The number of carbonyl (C=O) groups is 2. The monoisotopic (exact) mass is 819 g/mol. The Labute approximate surface area is 341 Å². The molecule has 1 aliphatic heterocycles. The summed E-state index contributed by atoms with van der Waals surface area (Å²) in [4.78, 5) is 35.1. The van der Waals surface area contributed by atoms with Crippen molar-refractivity contribution in [3.8, 4) is 0 Å². The van der Waals surface area contributed by atoms with E-state index in [4.69, 9.17) is 28.4 Å². The molecule has 56 heavy (non-hydrogen) atoms. The number of aliphatic hydroxyl groups excluding tert-OH is 2. The van der Waals surface area contributed by atoms with Gasteiger partial charge in [0.15, 0.2) is 6.10 Å². The van der Waals surface area contributed by atoms with Crippen molar-refractivity contribution in [1.82, 2.24) is 0 Å². The molecular formula is C44H83O11P. The van der Waals surface area contributed by atoms with Gasteiger partial charge in [0.05, 0.1) is 32.0 Å². The first-order valence-corrected chi connectivity index (χ1v) is 24.1. The fourth-order valence-electron chi connectivity index (χ4n) is 6.66. The molecule has 11 nitrogen and oxygen atoms in total. The van der Waals surface area contributed by atoms with Gasteiger partial charge in [0, 0.05) is 12.8 Å². The summed E-state index contributed by atoms with van der Waals surface area (Å²) in [6.07, 6.45) is 33.4. The fourth-order valence-corrected chi connectivity index (χ4v) is 7.45. The van der Waals surface area contributed by atoms with Crippen LogP contribution in [0.25, 0.3) is 0 Å². The Morgan fingerprint density at radius 2 is 1.21 bits per heavy atom. The number of rotatable bonds is 41. The summed E-state index contributed by atoms with van der Waals surface area (Å²) in [6, 6.07) is 0. The van der Waals surface area contributed by atoms with Crippen LogP contribution in [0.3, 0.4) is 0 Å². The molecule has 0 saturated carbocycles. The van der Waals surface area contributed by atoms with Crippen molar-refractivity contribution < 1.29 is 52.5 Å². The summed E-state index contributed by atoms with van der Waals surface area (Å²) in [7, 11) is -4.62. The molecule has 0 aliphatic carbocycles. The third-order valence-corrected chi connectivity index (χ3v) is 11.2. The van der Waals surface area contributed by atoms with E-state index in [2.05, 4.69) is 32.9 Å². The van der Waals surface area contributed by atoms with Gasteiger partial charge in [-0.05, 0) is 44.4 Å². The van der Waals surface area contributed by atoms with Crippen molar-refractivity contribution in [3.05, 3.63) is 12.2 Å². The van der Waals surface area contributed by atoms with Crippen molar-refractivity contribution in [2.24, 2.45) is 5.92 Å². The van der Waals surface area contributed by atoms with E-state index >= 15 is 0 Å². The van der Waals surface area contributed by atoms with Crippen LogP contribution in [-0.4, -0.2) is 77.9 Å². The molecular weight excluding hydrogens is 735 g/mol. The molecule has 3 unspecified atom stereocenters. The molecule has 1 aliphatic rings. The Balaban J connectivity index is 2.23. The zero-order valence-electron chi connectivity index (χ0n) is 35.7. The first-order chi connectivity index (χ1) is 27.1. The highest BCUT2D eigenvalue weighted by molar-refractivity contribution is 7.47. The lowest BCUT2D eigenvalue weighted by Crippen LogP contribution is -2.29. The van der Waals surface area contributed by atoms with E-state index in [0.717, 1.165) is 70.1 Å². The quantitative estimate of drug-likeness (QED) is 0.0177. The molecule has 1 fully saturated rings. The molecule has 3 N–H and O–H groups in total. The van der Waals surface area contributed by atoms with Crippen molar-refractivity contribution in [1.29, 1.82) is 0 Å². The highest BCUT2D eigenvalue weighted by Crippen LogP contribution is 2.43. The predicted molar refractivity (Wildman–Crippen MR) is 223 cm³/mol. The predicted octanol–water partition coefficient (Wildman–Crippen LogP) is 10.9. The smallest absolute Gasteiger partial charge is 0.462 e. The minimum atomic E-state index is -4.62. The van der Waals surface area contributed by atoms with E-state index in [1.165, 1.54) is 89.9 Å². The third-order valence-electron chi connectivity index (χ3n) is 10.3. The Morgan fingerprint density at radius 3 is 1.79 bits per heavy atom. The van der Waals surface area contributed by atoms with Crippen molar-refractivity contribution in [2.75, 3.05) is 26.4 Å². The van der Waals surface area contributed by atoms with E-state index in [1.54, 1.807) is 0 Å². The van der Waals surface area contributed by atoms with Gasteiger partial charge in [0.1, 0.15) is 12.7 Å². The van der Waals surface area contributed by atoms with E-state index in [1.807, 2.05) is 0 Å². The molecule has 1 heterocycles. The van der Waals surface area contributed by atoms with Gasteiger partial charge in [0.25, 0.3) is 0 Å². The average Bonchev–Trinajstić information content (AvgIpc) is 3.93. The van der Waals surface area contributed by atoms with Crippen LogP contribution in [-0.2, 0) is 37.4 Å². The van der Waals surface area contributed by atoms with Crippen LogP contribution >= 0.6 is 7.82 Å². The van der Waals surface area contributed by atoms with E-state index in [-0.39, 0.29) is 19.4 Å². The Hall–Kier alpha value is -1.33. The van der Waals surface area contributed by atoms with Gasteiger partial charge in [-0.3, -0.25) is 18.6 Å². The lowest BCUT2D eigenvalue weighted by atomic mass is 10.0. The number of esters is 2. The van der Waals surface area contributed by atoms with Gasteiger partial charge in [0.2, 0.25) is 0 Å². The van der Waals surface area contributed by atoms with Crippen LogP contribution in [0.5, 0.6) is 0 Å². The minimum absolute atomic E-state index is 0.182. The molecule has 5 atom stereocenters. The largest absolute Gasteiger partial charge is 0.472 e. The number of aliphatic hydroxyl groups is 2. The van der Waals surface area contributed by atoms with Crippen LogP contribution in [0.1, 0.15) is 201 Å². The SMILES string of the molecule is CCCCC/C=C\CC1OC1CCCCCCCC(=O)OC[C@H](COP(=O)(O)OC[C@@H](O)CO)OC(=O)CCCCCCCCCCCCCCCCC(C)C. The zero-order valence-corrected chi connectivity index (χ0v) is 36.6. The van der Waals surface area contributed by atoms with Gasteiger partial charge in [-0.2, -0.15) is 0 Å². The van der Waals surface area contributed by atoms with E-state index in [0.29, 0.717) is 25.0 Å². The Morgan fingerprint density at radius 1 is 0.679 bits per heavy atom.